The van der Waals surface area contributed by atoms with Gasteiger partial charge in [-0.2, -0.15) is 11.8 Å². The summed E-state index contributed by atoms with van der Waals surface area (Å²) in [5, 5.41) is 7.45. The molecule has 1 heterocycles. The molecule has 2 N–H and O–H groups in total. The predicted octanol–water partition coefficient (Wildman–Crippen LogP) is 2.61. The summed E-state index contributed by atoms with van der Waals surface area (Å²) in [6.07, 6.45) is 7.40. The van der Waals surface area contributed by atoms with Crippen molar-refractivity contribution in [1.29, 1.82) is 0 Å². The number of methoxy groups -OCH3 is 1. The number of nitrogens with one attached hydrogen (secondary N) is 2. The van der Waals surface area contributed by atoms with Gasteiger partial charge in [0.05, 0.1) is 7.11 Å². The summed E-state index contributed by atoms with van der Waals surface area (Å²) in [6, 6.07) is 0.482. The number of rotatable bonds is 6. The molecule has 1 fully saturated rings. The smallest absolute Gasteiger partial charge is 0.204 e. The second-order valence-electron chi connectivity index (χ2n) is 4.65. The SMILES string of the molecule is CCNc1ncnc(NC2CCC(SC)C2)c1OC. The lowest BCUT2D eigenvalue weighted by Crippen LogP contribution is -2.18. The zero-order valence-electron chi connectivity index (χ0n) is 11.8. The van der Waals surface area contributed by atoms with Gasteiger partial charge in [-0.3, -0.25) is 0 Å². The molecule has 106 valence electrons. The van der Waals surface area contributed by atoms with Gasteiger partial charge in [0.1, 0.15) is 6.33 Å². The third-order valence-corrected chi connectivity index (χ3v) is 4.51. The first-order valence-corrected chi connectivity index (χ1v) is 7.99. The number of aromatic nitrogens is 2. The normalized spacial score (nSPS) is 22.3. The molecular formula is C13H22N4OS. The lowest BCUT2D eigenvalue weighted by Gasteiger charge is -2.17. The van der Waals surface area contributed by atoms with E-state index in [2.05, 4.69) is 26.9 Å². The second kappa shape index (κ2) is 6.84. The van der Waals surface area contributed by atoms with E-state index >= 15 is 0 Å². The quantitative estimate of drug-likeness (QED) is 0.836. The monoisotopic (exact) mass is 282 g/mol. The molecule has 2 atom stereocenters. The molecular weight excluding hydrogens is 260 g/mol. The minimum absolute atomic E-state index is 0.482. The van der Waals surface area contributed by atoms with Gasteiger partial charge >= 0.3 is 0 Å². The van der Waals surface area contributed by atoms with E-state index in [0.29, 0.717) is 11.8 Å². The highest BCUT2D eigenvalue weighted by Gasteiger charge is 2.25. The van der Waals surface area contributed by atoms with Crippen LogP contribution in [0.15, 0.2) is 6.33 Å². The van der Waals surface area contributed by atoms with Gasteiger partial charge in [0, 0.05) is 17.8 Å². The maximum absolute atomic E-state index is 5.44. The zero-order chi connectivity index (χ0) is 13.7. The van der Waals surface area contributed by atoms with Crippen LogP contribution in [-0.2, 0) is 0 Å². The van der Waals surface area contributed by atoms with Crippen molar-refractivity contribution < 1.29 is 4.74 Å². The summed E-state index contributed by atoms with van der Waals surface area (Å²) in [6.45, 7) is 2.85. The molecule has 0 amide bonds. The van der Waals surface area contributed by atoms with Crippen molar-refractivity contribution in [3.05, 3.63) is 6.33 Å². The second-order valence-corrected chi connectivity index (χ2v) is 5.78. The Kier molecular flexibility index (Phi) is 5.13. The van der Waals surface area contributed by atoms with Crippen LogP contribution >= 0.6 is 11.8 Å². The van der Waals surface area contributed by atoms with Crippen molar-refractivity contribution in [3.8, 4) is 5.75 Å². The van der Waals surface area contributed by atoms with Crippen LogP contribution in [0.2, 0.25) is 0 Å². The molecule has 19 heavy (non-hydrogen) atoms. The molecule has 0 aromatic carbocycles. The third kappa shape index (κ3) is 3.43. The lowest BCUT2D eigenvalue weighted by molar-refractivity contribution is 0.414. The summed E-state index contributed by atoms with van der Waals surface area (Å²) in [5.74, 6) is 2.25. The summed E-state index contributed by atoms with van der Waals surface area (Å²) < 4.78 is 5.44. The van der Waals surface area contributed by atoms with Crippen molar-refractivity contribution in [3.63, 3.8) is 0 Å². The highest BCUT2D eigenvalue weighted by Crippen LogP contribution is 2.34. The third-order valence-electron chi connectivity index (χ3n) is 3.41. The average molecular weight is 282 g/mol. The Morgan fingerprint density at radius 3 is 2.79 bits per heavy atom. The first-order chi connectivity index (χ1) is 9.28. The van der Waals surface area contributed by atoms with E-state index in [9.17, 15) is 0 Å². The molecule has 2 unspecified atom stereocenters. The molecule has 5 nitrogen and oxygen atoms in total. The number of anilines is 2. The number of hydrogen-bond donors (Lipinski definition) is 2. The van der Waals surface area contributed by atoms with Gasteiger partial charge in [-0.05, 0) is 32.4 Å². The Labute approximate surface area is 118 Å². The standard InChI is InChI=1S/C13H22N4OS/c1-4-14-12-11(18-2)13(16-8-15-12)17-9-5-6-10(7-9)19-3/h8-10H,4-7H2,1-3H3,(H2,14,15,16,17). The summed E-state index contributed by atoms with van der Waals surface area (Å²) in [7, 11) is 1.66. The Balaban J connectivity index is 2.09. The van der Waals surface area contributed by atoms with Crippen molar-refractivity contribution in [2.24, 2.45) is 0 Å². The molecule has 0 saturated heterocycles. The van der Waals surface area contributed by atoms with Gasteiger partial charge in [0.15, 0.2) is 11.6 Å². The van der Waals surface area contributed by atoms with E-state index < -0.39 is 0 Å². The van der Waals surface area contributed by atoms with Crippen molar-refractivity contribution >= 4 is 23.4 Å². The molecule has 1 aliphatic carbocycles. The fourth-order valence-electron chi connectivity index (χ4n) is 2.44. The number of hydrogen-bond acceptors (Lipinski definition) is 6. The minimum Gasteiger partial charge on any atom is -0.490 e. The van der Waals surface area contributed by atoms with Gasteiger partial charge < -0.3 is 15.4 Å². The first kappa shape index (κ1) is 14.2. The number of thioether (sulfide) groups is 1. The summed E-state index contributed by atoms with van der Waals surface area (Å²) in [5.41, 5.74) is 0. The van der Waals surface area contributed by atoms with E-state index in [0.717, 1.165) is 23.4 Å². The van der Waals surface area contributed by atoms with Crippen LogP contribution < -0.4 is 15.4 Å². The van der Waals surface area contributed by atoms with E-state index in [1.165, 1.54) is 19.3 Å². The number of nitrogens with zero attached hydrogens (tertiary/aromatic N) is 2. The van der Waals surface area contributed by atoms with Gasteiger partial charge in [-0.1, -0.05) is 0 Å². The number of ether oxygens (including phenoxy) is 1. The van der Waals surface area contributed by atoms with E-state index in [4.69, 9.17) is 4.74 Å². The van der Waals surface area contributed by atoms with Crippen LogP contribution in [0.25, 0.3) is 0 Å². The molecule has 0 radical (unpaired) electrons. The molecule has 0 aliphatic heterocycles. The van der Waals surface area contributed by atoms with Crippen LogP contribution in [0.5, 0.6) is 5.75 Å². The van der Waals surface area contributed by atoms with Crippen LogP contribution in [-0.4, -0.2) is 41.2 Å². The summed E-state index contributed by atoms with van der Waals surface area (Å²) in [4.78, 5) is 8.53. The van der Waals surface area contributed by atoms with Crippen LogP contribution in [0, 0.1) is 0 Å². The van der Waals surface area contributed by atoms with Crippen LogP contribution in [0.4, 0.5) is 11.6 Å². The van der Waals surface area contributed by atoms with Crippen LogP contribution in [0.1, 0.15) is 26.2 Å². The zero-order valence-corrected chi connectivity index (χ0v) is 12.6. The lowest BCUT2D eigenvalue weighted by atomic mass is 10.2. The molecule has 0 spiro atoms. The fraction of sp³-hybridized carbons (Fsp3) is 0.692. The first-order valence-electron chi connectivity index (χ1n) is 6.70. The molecule has 1 aromatic heterocycles. The van der Waals surface area contributed by atoms with Crippen molar-refractivity contribution in [1.82, 2.24) is 9.97 Å². The van der Waals surface area contributed by atoms with Crippen molar-refractivity contribution in [2.75, 3.05) is 30.5 Å². The summed E-state index contributed by atoms with van der Waals surface area (Å²) >= 11 is 1.95. The molecule has 1 saturated carbocycles. The highest BCUT2D eigenvalue weighted by atomic mass is 32.2. The van der Waals surface area contributed by atoms with Gasteiger partial charge in [-0.15, -0.1) is 0 Å². The van der Waals surface area contributed by atoms with E-state index in [1.54, 1.807) is 13.4 Å². The van der Waals surface area contributed by atoms with E-state index in [1.807, 2.05) is 18.7 Å². The van der Waals surface area contributed by atoms with Gasteiger partial charge in [-0.25, -0.2) is 9.97 Å². The Morgan fingerprint density at radius 1 is 1.37 bits per heavy atom. The largest absolute Gasteiger partial charge is 0.490 e. The molecule has 6 heteroatoms. The Hall–Kier alpha value is -1.17. The Bertz CT molecular complexity index is 416. The van der Waals surface area contributed by atoms with Gasteiger partial charge in [0.25, 0.3) is 0 Å². The van der Waals surface area contributed by atoms with E-state index in [-0.39, 0.29) is 0 Å². The topological polar surface area (TPSA) is 59.1 Å². The van der Waals surface area contributed by atoms with Crippen LogP contribution in [0.3, 0.4) is 0 Å². The maximum atomic E-state index is 5.44. The average Bonchev–Trinajstić information content (AvgIpc) is 2.87. The molecule has 1 aliphatic rings. The minimum atomic E-state index is 0.482. The molecule has 2 rings (SSSR count). The molecule has 1 aromatic rings. The maximum Gasteiger partial charge on any atom is 0.204 e. The molecule has 0 bridgehead atoms. The Morgan fingerprint density at radius 2 is 2.16 bits per heavy atom. The predicted molar refractivity (Wildman–Crippen MR) is 81.3 cm³/mol. The fourth-order valence-corrected chi connectivity index (χ4v) is 3.24. The van der Waals surface area contributed by atoms with Crippen molar-refractivity contribution in [2.45, 2.75) is 37.5 Å². The highest BCUT2D eigenvalue weighted by molar-refractivity contribution is 7.99. The van der Waals surface area contributed by atoms with Gasteiger partial charge in [0.2, 0.25) is 5.75 Å².